The smallest absolute Gasteiger partial charge is 0.237 e. The first kappa shape index (κ1) is 16.7. The monoisotopic (exact) mass is 278 g/mol. The standard InChI is InChI=1S/C16H26N2O2/c1-5-20-11-13-9-7-6-8-12(13)10-18-15(19)14(17)16(2,3)4/h6-9,14H,5,10-11,17H2,1-4H3,(H,18,19)/t14-/m1/s1. The van der Waals surface area contributed by atoms with Crippen molar-refractivity contribution in [2.75, 3.05) is 6.61 Å². The fourth-order valence-electron chi connectivity index (χ4n) is 1.77. The lowest BCUT2D eigenvalue weighted by Gasteiger charge is -2.26. The summed E-state index contributed by atoms with van der Waals surface area (Å²) in [5, 5.41) is 2.90. The Labute approximate surface area is 121 Å². The Bertz CT molecular complexity index is 438. The molecule has 1 amide bonds. The molecule has 0 saturated heterocycles. The molecular weight excluding hydrogens is 252 g/mol. The van der Waals surface area contributed by atoms with Crippen LogP contribution in [-0.2, 0) is 22.7 Å². The average Bonchev–Trinajstić information content (AvgIpc) is 2.41. The molecule has 0 aliphatic heterocycles. The van der Waals surface area contributed by atoms with Gasteiger partial charge in [0.15, 0.2) is 0 Å². The molecule has 4 heteroatoms. The molecule has 0 aliphatic rings. The van der Waals surface area contributed by atoms with Crippen molar-refractivity contribution in [2.24, 2.45) is 11.1 Å². The lowest BCUT2D eigenvalue weighted by atomic mass is 9.87. The fourth-order valence-corrected chi connectivity index (χ4v) is 1.77. The third-order valence-corrected chi connectivity index (χ3v) is 3.25. The SMILES string of the molecule is CCOCc1ccccc1CNC(=O)[C@@H](N)C(C)(C)C. The summed E-state index contributed by atoms with van der Waals surface area (Å²) in [6.45, 7) is 9.56. The summed E-state index contributed by atoms with van der Waals surface area (Å²) in [6.07, 6.45) is 0. The molecule has 1 aromatic carbocycles. The Kier molecular flexibility index (Phi) is 6.17. The minimum Gasteiger partial charge on any atom is -0.377 e. The van der Waals surface area contributed by atoms with E-state index in [1.165, 1.54) is 0 Å². The third kappa shape index (κ3) is 4.94. The van der Waals surface area contributed by atoms with Crippen LogP contribution in [0.1, 0.15) is 38.8 Å². The maximum absolute atomic E-state index is 12.0. The second-order valence-electron chi connectivity index (χ2n) is 5.97. The summed E-state index contributed by atoms with van der Waals surface area (Å²) < 4.78 is 5.43. The molecular formula is C16H26N2O2. The van der Waals surface area contributed by atoms with Crippen LogP contribution in [0.4, 0.5) is 0 Å². The van der Waals surface area contributed by atoms with Gasteiger partial charge in [0.05, 0.1) is 12.6 Å². The van der Waals surface area contributed by atoms with Crippen molar-refractivity contribution in [3.63, 3.8) is 0 Å². The highest BCUT2D eigenvalue weighted by atomic mass is 16.5. The van der Waals surface area contributed by atoms with Gasteiger partial charge in [-0.05, 0) is 23.5 Å². The van der Waals surface area contributed by atoms with Crippen LogP contribution in [0.2, 0.25) is 0 Å². The molecule has 0 radical (unpaired) electrons. The van der Waals surface area contributed by atoms with Crippen molar-refractivity contribution in [3.8, 4) is 0 Å². The second kappa shape index (κ2) is 7.41. The van der Waals surface area contributed by atoms with Gasteiger partial charge in [0, 0.05) is 13.2 Å². The number of nitrogens with one attached hydrogen (secondary N) is 1. The van der Waals surface area contributed by atoms with Crippen molar-refractivity contribution in [1.29, 1.82) is 0 Å². The van der Waals surface area contributed by atoms with E-state index in [9.17, 15) is 4.79 Å². The summed E-state index contributed by atoms with van der Waals surface area (Å²) in [4.78, 5) is 12.0. The molecule has 0 fully saturated rings. The molecule has 0 bridgehead atoms. The lowest BCUT2D eigenvalue weighted by Crippen LogP contribution is -2.48. The highest BCUT2D eigenvalue weighted by Crippen LogP contribution is 2.17. The first-order chi connectivity index (χ1) is 9.36. The van der Waals surface area contributed by atoms with Gasteiger partial charge in [-0.1, -0.05) is 45.0 Å². The van der Waals surface area contributed by atoms with Crippen LogP contribution in [0.3, 0.4) is 0 Å². The quantitative estimate of drug-likeness (QED) is 0.838. The Hall–Kier alpha value is -1.39. The number of ether oxygens (including phenoxy) is 1. The average molecular weight is 278 g/mol. The Morgan fingerprint density at radius 2 is 1.90 bits per heavy atom. The van der Waals surface area contributed by atoms with E-state index in [0.717, 1.165) is 11.1 Å². The van der Waals surface area contributed by atoms with Crippen molar-refractivity contribution in [3.05, 3.63) is 35.4 Å². The van der Waals surface area contributed by atoms with E-state index in [0.29, 0.717) is 19.8 Å². The van der Waals surface area contributed by atoms with Crippen molar-refractivity contribution in [1.82, 2.24) is 5.32 Å². The van der Waals surface area contributed by atoms with Crippen LogP contribution < -0.4 is 11.1 Å². The molecule has 20 heavy (non-hydrogen) atoms. The van der Waals surface area contributed by atoms with Gasteiger partial charge in [-0.15, -0.1) is 0 Å². The topological polar surface area (TPSA) is 64.3 Å². The van der Waals surface area contributed by atoms with Crippen LogP contribution in [0, 0.1) is 5.41 Å². The number of benzene rings is 1. The zero-order valence-corrected chi connectivity index (χ0v) is 12.9. The first-order valence-corrected chi connectivity index (χ1v) is 7.04. The fraction of sp³-hybridized carbons (Fsp3) is 0.562. The number of rotatable bonds is 6. The Balaban J connectivity index is 2.63. The minimum absolute atomic E-state index is 0.122. The van der Waals surface area contributed by atoms with Gasteiger partial charge in [0.1, 0.15) is 0 Å². The molecule has 4 nitrogen and oxygen atoms in total. The maximum atomic E-state index is 12.0. The highest BCUT2D eigenvalue weighted by Gasteiger charge is 2.27. The van der Waals surface area contributed by atoms with Gasteiger partial charge in [-0.3, -0.25) is 4.79 Å². The zero-order valence-electron chi connectivity index (χ0n) is 12.9. The van der Waals surface area contributed by atoms with Crippen LogP contribution >= 0.6 is 0 Å². The van der Waals surface area contributed by atoms with Gasteiger partial charge < -0.3 is 15.8 Å². The molecule has 0 heterocycles. The number of nitrogens with two attached hydrogens (primary N) is 1. The summed E-state index contributed by atoms with van der Waals surface area (Å²) in [7, 11) is 0. The van der Waals surface area contributed by atoms with E-state index in [2.05, 4.69) is 5.32 Å². The van der Waals surface area contributed by atoms with E-state index >= 15 is 0 Å². The third-order valence-electron chi connectivity index (χ3n) is 3.25. The van der Waals surface area contributed by atoms with E-state index in [1.54, 1.807) is 0 Å². The van der Waals surface area contributed by atoms with Crippen LogP contribution in [0.15, 0.2) is 24.3 Å². The first-order valence-electron chi connectivity index (χ1n) is 7.04. The number of amides is 1. The van der Waals surface area contributed by atoms with Crippen molar-refractivity contribution < 1.29 is 9.53 Å². The number of carbonyl (C=O) groups excluding carboxylic acids is 1. The van der Waals surface area contributed by atoms with Crippen LogP contribution in [0.5, 0.6) is 0 Å². The molecule has 0 unspecified atom stereocenters. The Morgan fingerprint density at radius 3 is 2.45 bits per heavy atom. The molecule has 1 atom stereocenters. The predicted octanol–water partition coefficient (Wildman–Crippen LogP) is 2.21. The van der Waals surface area contributed by atoms with Gasteiger partial charge in [0.25, 0.3) is 0 Å². The molecule has 0 saturated carbocycles. The van der Waals surface area contributed by atoms with Crippen LogP contribution in [-0.4, -0.2) is 18.6 Å². The molecule has 0 aromatic heterocycles. The largest absolute Gasteiger partial charge is 0.377 e. The molecule has 1 aromatic rings. The highest BCUT2D eigenvalue weighted by molar-refractivity contribution is 5.82. The lowest BCUT2D eigenvalue weighted by molar-refractivity contribution is -0.124. The zero-order chi connectivity index (χ0) is 15.2. The van der Waals surface area contributed by atoms with Gasteiger partial charge >= 0.3 is 0 Å². The molecule has 112 valence electrons. The van der Waals surface area contributed by atoms with Gasteiger partial charge in [0.2, 0.25) is 5.91 Å². The van der Waals surface area contributed by atoms with Crippen LogP contribution in [0.25, 0.3) is 0 Å². The van der Waals surface area contributed by atoms with E-state index < -0.39 is 6.04 Å². The summed E-state index contributed by atoms with van der Waals surface area (Å²) in [6, 6.07) is 7.43. The molecule has 3 N–H and O–H groups in total. The summed E-state index contributed by atoms with van der Waals surface area (Å²) in [5.41, 5.74) is 7.86. The summed E-state index contributed by atoms with van der Waals surface area (Å²) in [5.74, 6) is -0.122. The minimum atomic E-state index is -0.512. The number of hydrogen-bond acceptors (Lipinski definition) is 3. The van der Waals surface area contributed by atoms with E-state index in [1.807, 2.05) is 52.0 Å². The predicted molar refractivity (Wildman–Crippen MR) is 81.0 cm³/mol. The number of carbonyl (C=O) groups is 1. The molecule has 0 spiro atoms. The second-order valence-corrected chi connectivity index (χ2v) is 5.97. The maximum Gasteiger partial charge on any atom is 0.237 e. The van der Waals surface area contributed by atoms with Gasteiger partial charge in [-0.2, -0.15) is 0 Å². The van der Waals surface area contributed by atoms with E-state index in [-0.39, 0.29) is 11.3 Å². The van der Waals surface area contributed by atoms with Crippen molar-refractivity contribution in [2.45, 2.75) is 46.9 Å². The van der Waals surface area contributed by atoms with Crippen molar-refractivity contribution >= 4 is 5.91 Å². The summed E-state index contributed by atoms with van der Waals surface area (Å²) >= 11 is 0. The number of hydrogen-bond donors (Lipinski definition) is 2. The molecule has 1 rings (SSSR count). The molecule has 0 aliphatic carbocycles. The normalized spacial score (nSPS) is 13.1. The van der Waals surface area contributed by atoms with E-state index in [4.69, 9.17) is 10.5 Å². The van der Waals surface area contributed by atoms with Gasteiger partial charge in [-0.25, -0.2) is 0 Å². The Morgan fingerprint density at radius 1 is 1.30 bits per heavy atom.